The number of carbonyl (C=O) groups is 1. The maximum Gasteiger partial charge on any atom is 0.349 e. The molecular weight excluding hydrogens is 288 g/mol. The van der Waals surface area contributed by atoms with Gasteiger partial charge in [-0.2, -0.15) is 5.90 Å². The summed E-state index contributed by atoms with van der Waals surface area (Å²) in [5.41, 5.74) is 6.17. The van der Waals surface area contributed by atoms with Gasteiger partial charge in [0, 0.05) is 24.9 Å². The van der Waals surface area contributed by atoms with Crippen LogP contribution in [0.15, 0.2) is 48.5 Å². The van der Waals surface area contributed by atoms with E-state index in [2.05, 4.69) is 53.1 Å². The minimum atomic E-state index is -0.549. The topological polar surface area (TPSA) is 55.6 Å². The van der Waals surface area contributed by atoms with Crippen LogP contribution in [0.4, 0.5) is 5.69 Å². The number of carbonyl (C=O) groups excluding carboxylic acids is 1. The first-order chi connectivity index (χ1) is 11.2. The van der Waals surface area contributed by atoms with Crippen LogP contribution < -0.4 is 10.8 Å². The molecule has 0 amide bonds. The van der Waals surface area contributed by atoms with Gasteiger partial charge in [0.15, 0.2) is 0 Å². The number of nitrogens with zero attached hydrogens (tertiary/aromatic N) is 1. The van der Waals surface area contributed by atoms with Gasteiger partial charge in [-0.1, -0.05) is 35.9 Å². The minimum Gasteiger partial charge on any atom is -0.370 e. The number of rotatable bonds is 4. The molecule has 0 fully saturated rings. The van der Waals surface area contributed by atoms with Crippen molar-refractivity contribution in [3.8, 4) is 0 Å². The summed E-state index contributed by atoms with van der Waals surface area (Å²) in [4.78, 5) is 17.6. The zero-order chi connectivity index (χ0) is 16.2. The average Bonchev–Trinajstić information content (AvgIpc) is 2.95. The Labute approximate surface area is 136 Å². The zero-order valence-corrected chi connectivity index (χ0v) is 13.2. The summed E-state index contributed by atoms with van der Waals surface area (Å²) in [6.45, 7) is 4.05. The summed E-state index contributed by atoms with van der Waals surface area (Å²) in [6, 6.07) is 14.9. The largest absolute Gasteiger partial charge is 0.370 e. The van der Waals surface area contributed by atoms with Crippen molar-refractivity contribution in [3.05, 3.63) is 70.8 Å². The van der Waals surface area contributed by atoms with Gasteiger partial charge in [-0.05, 0) is 48.2 Å². The minimum absolute atomic E-state index is 0.549. The van der Waals surface area contributed by atoms with Gasteiger partial charge in [0.05, 0.1) is 0 Å². The van der Waals surface area contributed by atoms with E-state index in [0.29, 0.717) is 0 Å². The van der Waals surface area contributed by atoms with Crippen molar-refractivity contribution >= 4 is 17.7 Å². The third kappa shape index (κ3) is 3.60. The normalized spacial score (nSPS) is 13.4. The van der Waals surface area contributed by atoms with E-state index in [1.165, 1.54) is 28.5 Å². The quantitative estimate of drug-likeness (QED) is 0.697. The number of hydrogen-bond acceptors (Lipinski definition) is 4. The molecule has 0 unspecified atom stereocenters. The lowest BCUT2D eigenvalue weighted by Gasteiger charge is -2.20. The molecule has 1 aliphatic heterocycles. The molecule has 23 heavy (non-hydrogen) atoms. The fourth-order valence-electron chi connectivity index (χ4n) is 2.99. The Balaban J connectivity index is 1.76. The second-order valence-corrected chi connectivity index (χ2v) is 5.82. The highest BCUT2D eigenvalue weighted by Gasteiger charge is 2.19. The van der Waals surface area contributed by atoms with Crippen molar-refractivity contribution in [1.29, 1.82) is 0 Å². The van der Waals surface area contributed by atoms with Crippen LogP contribution in [0.25, 0.3) is 6.08 Å². The van der Waals surface area contributed by atoms with Crippen molar-refractivity contribution in [2.75, 3.05) is 11.4 Å². The number of anilines is 1. The lowest BCUT2D eigenvalue weighted by molar-refractivity contribution is -0.138. The van der Waals surface area contributed by atoms with Crippen molar-refractivity contribution in [1.82, 2.24) is 0 Å². The van der Waals surface area contributed by atoms with E-state index >= 15 is 0 Å². The second-order valence-electron chi connectivity index (χ2n) is 5.82. The van der Waals surface area contributed by atoms with Gasteiger partial charge < -0.3 is 9.74 Å². The summed E-state index contributed by atoms with van der Waals surface area (Å²) in [5, 5.41) is 0. The fraction of sp³-hybridized carbons (Fsp3) is 0.211. The maximum absolute atomic E-state index is 11.1. The summed E-state index contributed by atoms with van der Waals surface area (Å²) < 4.78 is 0. The van der Waals surface area contributed by atoms with Crippen LogP contribution in [0, 0.1) is 6.92 Å². The number of hydrogen-bond donors (Lipinski definition) is 1. The van der Waals surface area contributed by atoms with Crippen LogP contribution in [0.3, 0.4) is 0 Å². The smallest absolute Gasteiger partial charge is 0.349 e. The van der Waals surface area contributed by atoms with E-state index in [-0.39, 0.29) is 0 Å². The zero-order valence-electron chi connectivity index (χ0n) is 13.2. The Morgan fingerprint density at radius 3 is 2.96 bits per heavy atom. The lowest BCUT2D eigenvalue weighted by Crippen LogP contribution is -2.19. The molecule has 0 radical (unpaired) electrons. The first-order valence-electron chi connectivity index (χ1n) is 7.68. The highest BCUT2D eigenvalue weighted by Crippen LogP contribution is 2.30. The number of fused-ring (bicyclic) bond motifs is 1. The van der Waals surface area contributed by atoms with Crippen LogP contribution in [0.1, 0.15) is 22.3 Å². The highest BCUT2D eigenvalue weighted by atomic mass is 16.7. The van der Waals surface area contributed by atoms with Gasteiger partial charge in [-0.3, -0.25) is 0 Å². The standard InChI is InChI=1S/C19H20N2O2/c1-14-3-2-4-16(11-14)13-21-10-9-17-12-15(5-7-18(17)21)6-8-19(22)23-20/h2-8,11-12H,9-10,13,20H2,1H3/b8-6+. The number of benzene rings is 2. The molecule has 1 heterocycles. The first kappa shape index (κ1) is 15.3. The summed E-state index contributed by atoms with van der Waals surface area (Å²) in [7, 11) is 0. The summed E-state index contributed by atoms with van der Waals surface area (Å²) in [6.07, 6.45) is 4.07. The van der Waals surface area contributed by atoms with Crippen LogP contribution in [-0.2, 0) is 22.6 Å². The third-order valence-electron chi connectivity index (χ3n) is 4.08. The second kappa shape index (κ2) is 6.67. The SMILES string of the molecule is Cc1cccc(CN2CCc3cc(/C=C/C(=O)ON)ccc32)c1. The Hall–Kier alpha value is -2.59. The molecule has 0 atom stereocenters. The van der Waals surface area contributed by atoms with Gasteiger partial charge in [-0.25, -0.2) is 4.79 Å². The average molecular weight is 308 g/mol. The molecule has 4 nitrogen and oxygen atoms in total. The molecule has 4 heteroatoms. The predicted octanol–water partition coefficient (Wildman–Crippen LogP) is 2.99. The Kier molecular flexibility index (Phi) is 4.44. The van der Waals surface area contributed by atoms with Crippen molar-refractivity contribution < 1.29 is 9.63 Å². The van der Waals surface area contributed by atoms with Gasteiger partial charge >= 0.3 is 5.97 Å². The Morgan fingerprint density at radius 1 is 1.30 bits per heavy atom. The van der Waals surface area contributed by atoms with Crippen molar-refractivity contribution in [3.63, 3.8) is 0 Å². The van der Waals surface area contributed by atoms with Gasteiger partial charge in [0.2, 0.25) is 0 Å². The van der Waals surface area contributed by atoms with Gasteiger partial charge in [-0.15, -0.1) is 0 Å². The molecule has 0 saturated carbocycles. The molecule has 0 bridgehead atoms. The van der Waals surface area contributed by atoms with E-state index in [4.69, 9.17) is 5.90 Å². The van der Waals surface area contributed by atoms with E-state index in [1.807, 2.05) is 6.07 Å². The first-order valence-corrected chi connectivity index (χ1v) is 7.68. The van der Waals surface area contributed by atoms with E-state index in [9.17, 15) is 4.79 Å². The highest BCUT2D eigenvalue weighted by molar-refractivity contribution is 5.87. The molecule has 2 aromatic carbocycles. The van der Waals surface area contributed by atoms with Crippen LogP contribution in [-0.4, -0.2) is 12.5 Å². The summed E-state index contributed by atoms with van der Waals surface area (Å²) >= 11 is 0. The van der Waals surface area contributed by atoms with Crippen LogP contribution in [0.5, 0.6) is 0 Å². The molecule has 118 valence electrons. The molecule has 0 spiro atoms. The monoisotopic (exact) mass is 308 g/mol. The molecule has 0 saturated heterocycles. The number of nitrogens with two attached hydrogens (primary N) is 1. The molecule has 2 aromatic rings. The molecular formula is C19H20N2O2. The molecule has 0 aromatic heterocycles. The van der Waals surface area contributed by atoms with Crippen LogP contribution in [0.2, 0.25) is 0 Å². The maximum atomic E-state index is 11.1. The molecule has 2 N–H and O–H groups in total. The molecule has 1 aliphatic rings. The Morgan fingerprint density at radius 2 is 2.17 bits per heavy atom. The van der Waals surface area contributed by atoms with Crippen molar-refractivity contribution in [2.24, 2.45) is 5.90 Å². The van der Waals surface area contributed by atoms with Gasteiger partial charge in [0.25, 0.3) is 0 Å². The van der Waals surface area contributed by atoms with Crippen molar-refractivity contribution in [2.45, 2.75) is 19.9 Å². The van der Waals surface area contributed by atoms with Gasteiger partial charge in [0.1, 0.15) is 0 Å². The van der Waals surface area contributed by atoms with E-state index in [0.717, 1.165) is 25.1 Å². The third-order valence-corrected chi connectivity index (χ3v) is 4.08. The number of aryl methyl sites for hydroxylation is 1. The lowest BCUT2D eigenvalue weighted by atomic mass is 10.1. The van der Waals surface area contributed by atoms with E-state index in [1.54, 1.807) is 6.08 Å². The molecule has 3 rings (SSSR count). The van der Waals surface area contributed by atoms with Crippen LogP contribution >= 0.6 is 0 Å². The van der Waals surface area contributed by atoms with E-state index < -0.39 is 5.97 Å². The fourth-order valence-corrected chi connectivity index (χ4v) is 2.99. The Bertz CT molecular complexity index is 753. The molecule has 0 aliphatic carbocycles. The summed E-state index contributed by atoms with van der Waals surface area (Å²) in [5.74, 6) is 4.27. The predicted molar refractivity (Wildman–Crippen MR) is 91.7 cm³/mol.